The molecule has 1 amide bonds. The topological polar surface area (TPSA) is 32.3 Å². The first-order valence-corrected chi connectivity index (χ1v) is 9.43. The first-order chi connectivity index (χ1) is 12.6. The van der Waals surface area contributed by atoms with Gasteiger partial charge in [-0.15, -0.1) is 0 Å². The number of hydrogen-bond donors (Lipinski definition) is 1. The summed E-state index contributed by atoms with van der Waals surface area (Å²) >= 11 is 0. The second-order valence-electron chi connectivity index (χ2n) is 7.78. The Labute approximate surface area is 154 Å². The Kier molecular flexibility index (Phi) is 4.53. The van der Waals surface area contributed by atoms with Crippen LogP contribution < -0.4 is 5.32 Å². The third-order valence-electron chi connectivity index (χ3n) is 6.03. The maximum atomic E-state index is 14.7. The molecular formula is C22H25FN2O. The highest BCUT2D eigenvalue weighted by Crippen LogP contribution is 2.37. The molecule has 4 rings (SSSR count). The lowest BCUT2D eigenvalue weighted by atomic mass is 9.78. The van der Waals surface area contributed by atoms with Crippen molar-refractivity contribution in [2.75, 3.05) is 26.2 Å². The molecule has 1 N–H and O–H groups in total. The lowest BCUT2D eigenvalue weighted by molar-refractivity contribution is 0.0603. The van der Waals surface area contributed by atoms with E-state index < -0.39 is 5.82 Å². The standard InChI is InChI=1S/C22H25FN2O/c1-16-2-4-17(5-3-16)18-6-7-19(20(23)14-18)21(26)25-12-9-22(10-13-25)8-11-24-15-22/h2-7,14,24H,8-13,15H2,1H3. The Morgan fingerprint density at radius 2 is 1.73 bits per heavy atom. The quantitative estimate of drug-likeness (QED) is 0.885. The third kappa shape index (κ3) is 3.26. The Morgan fingerprint density at radius 1 is 1.04 bits per heavy atom. The number of carbonyl (C=O) groups excluding carboxylic acids is 1. The molecule has 0 aromatic heterocycles. The van der Waals surface area contributed by atoms with Crippen LogP contribution in [0.15, 0.2) is 42.5 Å². The highest BCUT2D eigenvalue weighted by Gasteiger charge is 2.38. The summed E-state index contributed by atoms with van der Waals surface area (Å²) < 4.78 is 14.7. The molecule has 2 aliphatic heterocycles. The maximum absolute atomic E-state index is 14.7. The molecule has 0 radical (unpaired) electrons. The van der Waals surface area contributed by atoms with E-state index in [1.807, 2.05) is 42.2 Å². The van der Waals surface area contributed by atoms with E-state index in [2.05, 4.69) is 5.32 Å². The monoisotopic (exact) mass is 352 g/mol. The van der Waals surface area contributed by atoms with Crippen LogP contribution in [0.5, 0.6) is 0 Å². The molecule has 3 nitrogen and oxygen atoms in total. The molecule has 26 heavy (non-hydrogen) atoms. The molecular weight excluding hydrogens is 327 g/mol. The molecule has 4 heteroatoms. The second-order valence-corrected chi connectivity index (χ2v) is 7.78. The van der Waals surface area contributed by atoms with Crippen molar-refractivity contribution in [2.24, 2.45) is 5.41 Å². The average molecular weight is 352 g/mol. The van der Waals surface area contributed by atoms with Crippen molar-refractivity contribution in [1.82, 2.24) is 10.2 Å². The fourth-order valence-corrected chi connectivity index (χ4v) is 4.19. The zero-order valence-electron chi connectivity index (χ0n) is 15.2. The van der Waals surface area contributed by atoms with Gasteiger partial charge in [0.1, 0.15) is 5.82 Å². The Balaban J connectivity index is 1.49. The minimum atomic E-state index is -0.434. The van der Waals surface area contributed by atoms with E-state index in [0.29, 0.717) is 5.41 Å². The first-order valence-electron chi connectivity index (χ1n) is 9.43. The predicted octanol–water partition coefficient (Wildman–Crippen LogP) is 4.02. The molecule has 136 valence electrons. The summed E-state index contributed by atoms with van der Waals surface area (Å²) in [4.78, 5) is 14.6. The highest BCUT2D eigenvalue weighted by molar-refractivity contribution is 5.95. The van der Waals surface area contributed by atoms with E-state index in [-0.39, 0.29) is 11.5 Å². The molecule has 1 spiro atoms. The molecule has 0 atom stereocenters. The Bertz CT molecular complexity index is 799. The predicted molar refractivity (Wildman–Crippen MR) is 102 cm³/mol. The van der Waals surface area contributed by atoms with Gasteiger partial charge in [0.2, 0.25) is 0 Å². The molecule has 2 aromatic carbocycles. The second kappa shape index (κ2) is 6.84. The van der Waals surface area contributed by atoms with Gasteiger partial charge in [0.25, 0.3) is 5.91 Å². The summed E-state index contributed by atoms with van der Waals surface area (Å²) in [5, 5.41) is 3.43. The van der Waals surface area contributed by atoms with Crippen molar-refractivity contribution in [1.29, 1.82) is 0 Å². The van der Waals surface area contributed by atoms with Crippen molar-refractivity contribution in [3.63, 3.8) is 0 Å². The maximum Gasteiger partial charge on any atom is 0.256 e. The summed E-state index contributed by atoms with van der Waals surface area (Å²) in [6.07, 6.45) is 3.21. The average Bonchev–Trinajstić information content (AvgIpc) is 3.10. The number of aryl methyl sites for hydroxylation is 1. The molecule has 0 bridgehead atoms. The number of nitrogens with one attached hydrogen (secondary N) is 1. The van der Waals surface area contributed by atoms with Crippen molar-refractivity contribution >= 4 is 5.91 Å². The van der Waals surface area contributed by atoms with Gasteiger partial charge in [-0.1, -0.05) is 35.9 Å². The number of carbonyl (C=O) groups is 1. The molecule has 2 saturated heterocycles. The smallest absolute Gasteiger partial charge is 0.256 e. The van der Waals surface area contributed by atoms with Crippen LogP contribution in [0.3, 0.4) is 0 Å². The Morgan fingerprint density at radius 3 is 2.35 bits per heavy atom. The summed E-state index contributed by atoms with van der Waals surface area (Å²) in [6, 6.07) is 12.9. The number of likely N-dealkylation sites (tertiary alicyclic amines) is 1. The number of hydrogen-bond acceptors (Lipinski definition) is 2. The summed E-state index contributed by atoms with van der Waals surface area (Å²) in [6.45, 7) is 5.59. The summed E-state index contributed by atoms with van der Waals surface area (Å²) in [7, 11) is 0. The van der Waals surface area contributed by atoms with Gasteiger partial charge in [-0.05, 0) is 61.4 Å². The fraction of sp³-hybridized carbons (Fsp3) is 0.409. The van der Waals surface area contributed by atoms with Gasteiger partial charge < -0.3 is 10.2 Å². The third-order valence-corrected chi connectivity index (χ3v) is 6.03. The molecule has 2 fully saturated rings. The van der Waals surface area contributed by atoms with Crippen LogP contribution in [-0.2, 0) is 0 Å². The molecule has 2 aliphatic rings. The number of amides is 1. The van der Waals surface area contributed by atoms with Gasteiger partial charge in [0.15, 0.2) is 0 Å². The number of halogens is 1. The van der Waals surface area contributed by atoms with Crippen molar-refractivity contribution in [3.8, 4) is 11.1 Å². The summed E-state index contributed by atoms with van der Waals surface area (Å²) in [5.74, 6) is -0.616. The van der Waals surface area contributed by atoms with E-state index in [1.165, 1.54) is 18.1 Å². The number of piperidine rings is 1. The SMILES string of the molecule is Cc1ccc(-c2ccc(C(=O)N3CCC4(CCNC4)CC3)c(F)c2)cc1. The van der Waals surface area contributed by atoms with Crippen LogP contribution in [0, 0.1) is 18.2 Å². The minimum Gasteiger partial charge on any atom is -0.339 e. The van der Waals surface area contributed by atoms with Gasteiger partial charge in [0.05, 0.1) is 5.56 Å². The van der Waals surface area contributed by atoms with Crippen LogP contribution in [-0.4, -0.2) is 37.0 Å². The summed E-state index contributed by atoms with van der Waals surface area (Å²) in [5.41, 5.74) is 3.46. The van der Waals surface area contributed by atoms with Crippen LogP contribution in [0.4, 0.5) is 4.39 Å². The largest absolute Gasteiger partial charge is 0.339 e. The van der Waals surface area contributed by atoms with Gasteiger partial charge in [0, 0.05) is 19.6 Å². The van der Waals surface area contributed by atoms with Crippen molar-refractivity contribution in [2.45, 2.75) is 26.2 Å². The van der Waals surface area contributed by atoms with Gasteiger partial charge >= 0.3 is 0 Å². The van der Waals surface area contributed by atoms with Crippen molar-refractivity contribution < 1.29 is 9.18 Å². The van der Waals surface area contributed by atoms with E-state index in [1.54, 1.807) is 6.07 Å². The molecule has 2 heterocycles. The van der Waals surface area contributed by atoms with Crippen LogP contribution in [0.2, 0.25) is 0 Å². The molecule has 0 saturated carbocycles. The van der Waals surface area contributed by atoms with E-state index >= 15 is 0 Å². The first kappa shape index (κ1) is 17.2. The van der Waals surface area contributed by atoms with Crippen LogP contribution in [0.1, 0.15) is 35.2 Å². The number of benzene rings is 2. The molecule has 0 aliphatic carbocycles. The zero-order chi connectivity index (χ0) is 18.1. The highest BCUT2D eigenvalue weighted by atomic mass is 19.1. The van der Waals surface area contributed by atoms with E-state index in [0.717, 1.165) is 50.1 Å². The fourth-order valence-electron chi connectivity index (χ4n) is 4.19. The number of nitrogens with zero attached hydrogens (tertiary/aromatic N) is 1. The minimum absolute atomic E-state index is 0.182. The van der Waals surface area contributed by atoms with E-state index in [9.17, 15) is 9.18 Å². The molecule has 0 unspecified atom stereocenters. The molecule has 2 aromatic rings. The van der Waals surface area contributed by atoms with Crippen LogP contribution in [0.25, 0.3) is 11.1 Å². The Hall–Kier alpha value is -2.20. The number of rotatable bonds is 2. The lowest BCUT2D eigenvalue weighted by Crippen LogP contribution is -2.44. The lowest BCUT2D eigenvalue weighted by Gasteiger charge is -2.39. The van der Waals surface area contributed by atoms with Crippen LogP contribution >= 0.6 is 0 Å². The van der Waals surface area contributed by atoms with E-state index in [4.69, 9.17) is 0 Å². The zero-order valence-corrected chi connectivity index (χ0v) is 15.2. The van der Waals surface area contributed by atoms with Gasteiger partial charge in [-0.25, -0.2) is 4.39 Å². The normalized spacial score (nSPS) is 19.1. The van der Waals surface area contributed by atoms with Gasteiger partial charge in [-0.3, -0.25) is 4.79 Å². The van der Waals surface area contributed by atoms with Crippen molar-refractivity contribution in [3.05, 3.63) is 59.4 Å². The van der Waals surface area contributed by atoms with Gasteiger partial charge in [-0.2, -0.15) is 0 Å².